The van der Waals surface area contributed by atoms with E-state index in [9.17, 15) is 18.0 Å². The standard InChI is InChI=1S/C27H28ClN3O4S/c28-24-15-6-5-14-23(24)27(33)30-25(20-10-3-1-4-11-20)19-26(32)29-21-12-9-13-22(18-21)36(34,35)31-16-7-2-8-17-31/h1,3-6,9-15,18,25H,2,7-8,16-17,19H2,(H,29,32)(H,30,33). The van der Waals surface area contributed by atoms with Crippen LogP contribution in [-0.4, -0.2) is 37.6 Å². The van der Waals surface area contributed by atoms with Gasteiger partial charge in [-0.2, -0.15) is 4.31 Å². The predicted octanol–water partition coefficient (Wildman–Crippen LogP) is 5.01. The summed E-state index contributed by atoms with van der Waals surface area (Å²) in [7, 11) is -3.62. The summed E-state index contributed by atoms with van der Waals surface area (Å²) in [6, 6.07) is 21.5. The highest BCUT2D eigenvalue weighted by Gasteiger charge is 2.26. The van der Waals surface area contributed by atoms with E-state index in [1.54, 1.807) is 36.4 Å². The first-order valence-electron chi connectivity index (χ1n) is 11.8. The van der Waals surface area contributed by atoms with E-state index in [4.69, 9.17) is 11.6 Å². The topological polar surface area (TPSA) is 95.6 Å². The minimum atomic E-state index is -3.62. The van der Waals surface area contributed by atoms with Gasteiger partial charge in [-0.15, -0.1) is 0 Å². The molecule has 4 rings (SSSR count). The third-order valence-corrected chi connectivity index (χ3v) is 8.31. The lowest BCUT2D eigenvalue weighted by Crippen LogP contribution is -2.35. The van der Waals surface area contributed by atoms with Gasteiger partial charge in [-0.3, -0.25) is 9.59 Å². The molecule has 2 N–H and O–H groups in total. The molecule has 188 valence electrons. The van der Waals surface area contributed by atoms with Crippen LogP contribution in [0.25, 0.3) is 0 Å². The van der Waals surface area contributed by atoms with Crippen LogP contribution in [0.4, 0.5) is 5.69 Å². The average Bonchev–Trinajstić information content (AvgIpc) is 2.89. The zero-order chi connectivity index (χ0) is 25.5. The fourth-order valence-corrected chi connectivity index (χ4v) is 5.99. The summed E-state index contributed by atoms with van der Waals surface area (Å²) in [5.41, 5.74) is 1.45. The number of carbonyl (C=O) groups excluding carboxylic acids is 2. The molecule has 36 heavy (non-hydrogen) atoms. The van der Waals surface area contributed by atoms with E-state index in [-0.39, 0.29) is 17.2 Å². The molecule has 1 aliphatic heterocycles. The Balaban J connectivity index is 1.49. The summed E-state index contributed by atoms with van der Waals surface area (Å²) < 4.78 is 27.5. The average molecular weight is 526 g/mol. The molecule has 1 fully saturated rings. The minimum absolute atomic E-state index is 0.0523. The number of halogens is 1. The van der Waals surface area contributed by atoms with Gasteiger partial charge in [-0.05, 0) is 48.7 Å². The fourth-order valence-electron chi connectivity index (χ4n) is 4.20. The Kier molecular flexibility index (Phi) is 8.40. The quantitative estimate of drug-likeness (QED) is 0.432. The SMILES string of the molecule is O=C(CC(NC(=O)c1ccccc1Cl)c1ccccc1)Nc1cccc(S(=O)(=O)N2CCCCC2)c1. The molecule has 1 heterocycles. The maximum atomic E-state index is 13.0. The van der Waals surface area contributed by atoms with Gasteiger partial charge in [0.25, 0.3) is 5.91 Å². The number of amides is 2. The second-order valence-corrected chi connectivity index (χ2v) is 11.0. The smallest absolute Gasteiger partial charge is 0.253 e. The molecule has 0 spiro atoms. The Bertz CT molecular complexity index is 1330. The van der Waals surface area contributed by atoms with Crippen molar-refractivity contribution in [2.24, 2.45) is 0 Å². The maximum Gasteiger partial charge on any atom is 0.253 e. The third-order valence-electron chi connectivity index (χ3n) is 6.09. The van der Waals surface area contributed by atoms with Crippen LogP contribution in [-0.2, 0) is 14.8 Å². The van der Waals surface area contributed by atoms with E-state index >= 15 is 0 Å². The van der Waals surface area contributed by atoms with Gasteiger partial charge in [0, 0.05) is 18.8 Å². The minimum Gasteiger partial charge on any atom is -0.345 e. The number of piperidine rings is 1. The molecular formula is C27H28ClN3O4S. The van der Waals surface area contributed by atoms with Crippen molar-refractivity contribution in [1.29, 1.82) is 0 Å². The highest BCUT2D eigenvalue weighted by atomic mass is 35.5. The maximum absolute atomic E-state index is 13.0. The lowest BCUT2D eigenvalue weighted by Gasteiger charge is -2.26. The van der Waals surface area contributed by atoms with Gasteiger partial charge in [-0.25, -0.2) is 8.42 Å². The van der Waals surface area contributed by atoms with E-state index in [0.717, 1.165) is 24.8 Å². The highest BCUT2D eigenvalue weighted by molar-refractivity contribution is 7.89. The van der Waals surface area contributed by atoms with Crippen LogP contribution in [0, 0.1) is 0 Å². The normalized spacial score (nSPS) is 15.1. The molecule has 2 amide bonds. The van der Waals surface area contributed by atoms with Crippen LogP contribution in [0.1, 0.15) is 47.6 Å². The van der Waals surface area contributed by atoms with E-state index in [1.165, 1.54) is 16.4 Å². The van der Waals surface area contributed by atoms with Crippen molar-refractivity contribution in [3.05, 3.63) is 95.0 Å². The monoisotopic (exact) mass is 525 g/mol. The number of rotatable bonds is 8. The second kappa shape index (κ2) is 11.7. The molecule has 1 saturated heterocycles. The van der Waals surface area contributed by atoms with Crippen LogP contribution < -0.4 is 10.6 Å². The molecule has 3 aromatic carbocycles. The van der Waals surface area contributed by atoms with Crippen molar-refractivity contribution >= 4 is 39.1 Å². The number of hydrogen-bond donors (Lipinski definition) is 2. The van der Waals surface area contributed by atoms with Gasteiger partial charge in [0.1, 0.15) is 0 Å². The fraction of sp³-hybridized carbons (Fsp3) is 0.259. The first-order chi connectivity index (χ1) is 17.3. The molecule has 1 unspecified atom stereocenters. The summed E-state index contributed by atoms with van der Waals surface area (Å²) >= 11 is 6.18. The number of sulfonamides is 1. The van der Waals surface area contributed by atoms with Crippen molar-refractivity contribution in [1.82, 2.24) is 9.62 Å². The van der Waals surface area contributed by atoms with E-state index in [2.05, 4.69) is 10.6 Å². The number of anilines is 1. The molecule has 0 radical (unpaired) electrons. The van der Waals surface area contributed by atoms with Gasteiger partial charge in [0.15, 0.2) is 0 Å². The Hall–Kier alpha value is -3.20. The van der Waals surface area contributed by atoms with Gasteiger partial charge >= 0.3 is 0 Å². The lowest BCUT2D eigenvalue weighted by molar-refractivity contribution is -0.116. The van der Waals surface area contributed by atoms with Crippen molar-refractivity contribution < 1.29 is 18.0 Å². The number of nitrogens with zero attached hydrogens (tertiary/aromatic N) is 1. The zero-order valence-corrected chi connectivity index (χ0v) is 21.3. The van der Waals surface area contributed by atoms with Gasteiger partial charge < -0.3 is 10.6 Å². The number of carbonyl (C=O) groups is 2. The molecule has 0 aliphatic carbocycles. The molecular weight excluding hydrogens is 498 g/mol. The molecule has 1 aliphatic rings. The Morgan fingerprint density at radius 3 is 2.31 bits per heavy atom. The van der Waals surface area contributed by atoms with E-state index < -0.39 is 22.0 Å². The van der Waals surface area contributed by atoms with Crippen LogP contribution >= 0.6 is 11.6 Å². The van der Waals surface area contributed by atoms with Gasteiger partial charge in [0.05, 0.1) is 27.9 Å². The van der Waals surface area contributed by atoms with Crippen molar-refractivity contribution in [2.75, 3.05) is 18.4 Å². The number of nitrogens with one attached hydrogen (secondary N) is 2. The van der Waals surface area contributed by atoms with Gasteiger partial charge in [0.2, 0.25) is 15.9 Å². The van der Waals surface area contributed by atoms with E-state index in [1.807, 2.05) is 30.3 Å². The highest BCUT2D eigenvalue weighted by Crippen LogP contribution is 2.24. The van der Waals surface area contributed by atoms with E-state index in [0.29, 0.717) is 29.4 Å². The summed E-state index contributed by atoms with van der Waals surface area (Å²) in [6.07, 6.45) is 2.66. The van der Waals surface area contributed by atoms with Crippen LogP contribution in [0.3, 0.4) is 0 Å². The third kappa shape index (κ3) is 6.32. The molecule has 0 aromatic heterocycles. The second-order valence-electron chi connectivity index (χ2n) is 8.66. The molecule has 0 saturated carbocycles. The zero-order valence-electron chi connectivity index (χ0n) is 19.7. The Labute approximate surface area is 216 Å². The molecule has 0 bridgehead atoms. The number of benzene rings is 3. The Morgan fingerprint density at radius 1 is 0.889 bits per heavy atom. The van der Waals surface area contributed by atoms with Gasteiger partial charge in [-0.1, -0.05) is 66.6 Å². The predicted molar refractivity (Wildman–Crippen MR) is 140 cm³/mol. The summed E-state index contributed by atoms with van der Waals surface area (Å²) in [4.78, 5) is 26.0. The first-order valence-corrected chi connectivity index (χ1v) is 13.7. The molecule has 3 aromatic rings. The largest absolute Gasteiger partial charge is 0.345 e. The summed E-state index contributed by atoms with van der Waals surface area (Å²) in [6.45, 7) is 1.01. The van der Waals surface area contributed by atoms with Crippen LogP contribution in [0.15, 0.2) is 83.8 Å². The number of hydrogen-bond acceptors (Lipinski definition) is 4. The van der Waals surface area contributed by atoms with Crippen molar-refractivity contribution in [2.45, 2.75) is 36.6 Å². The molecule has 1 atom stereocenters. The molecule has 7 nitrogen and oxygen atoms in total. The van der Waals surface area contributed by atoms with Crippen molar-refractivity contribution in [3.8, 4) is 0 Å². The lowest BCUT2D eigenvalue weighted by atomic mass is 10.0. The summed E-state index contributed by atoms with van der Waals surface area (Å²) in [5.74, 6) is -0.757. The van der Waals surface area contributed by atoms with Crippen LogP contribution in [0.2, 0.25) is 5.02 Å². The van der Waals surface area contributed by atoms with Crippen molar-refractivity contribution in [3.63, 3.8) is 0 Å². The molecule has 9 heteroatoms. The summed E-state index contributed by atoms with van der Waals surface area (Å²) in [5, 5.41) is 6.00. The van der Waals surface area contributed by atoms with Crippen LogP contribution in [0.5, 0.6) is 0 Å². The Morgan fingerprint density at radius 2 is 1.58 bits per heavy atom. The first kappa shape index (κ1) is 25.9.